The van der Waals surface area contributed by atoms with Crippen molar-refractivity contribution in [3.05, 3.63) is 29.3 Å². The number of likely N-dealkylation sites (tertiary alicyclic amines) is 1. The normalized spacial score (nSPS) is 28.1. The van der Waals surface area contributed by atoms with E-state index in [1.54, 1.807) is 0 Å². The van der Waals surface area contributed by atoms with Gasteiger partial charge >= 0.3 is 0 Å². The van der Waals surface area contributed by atoms with Crippen LogP contribution in [0.2, 0.25) is 0 Å². The molecule has 2 fully saturated rings. The molecule has 24 heavy (non-hydrogen) atoms. The third-order valence-corrected chi connectivity index (χ3v) is 5.90. The molecule has 2 unspecified atom stereocenters. The van der Waals surface area contributed by atoms with Gasteiger partial charge in [-0.2, -0.15) is 0 Å². The topological polar surface area (TPSA) is 58.6 Å². The van der Waals surface area contributed by atoms with Crippen LogP contribution in [0.3, 0.4) is 0 Å². The zero-order valence-corrected chi connectivity index (χ0v) is 14.3. The summed E-state index contributed by atoms with van der Waals surface area (Å²) in [5.41, 5.74) is 1.84. The zero-order valence-electron chi connectivity index (χ0n) is 14.3. The molecule has 1 aromatic rings. The van der Waals surface area contributed by atoms with E-state index in [-0.39, 0.29) is 11.8 Å². The van der Waals surface area contributed by atoms with Gasteiger partial charge < -0.3 is 15.0 Å². The molecule has 5 nitrogen and oxygen atoms in total. The molecule has 3 aliphatic rings. The maximum Gasteiger partial charge on any atom is 0.253 e. The lowest BCUT2D eigenvalue weighted by Gasteiger charge is -2.20. The summed E-state index contributed by atoms with van der Waals surface area (Å²) in [6.45, 7) is 7.13. The molecule has 1 aromatic carbocycles. The zero-order chi connectivity index (χ0) is 16.9. The maximum absolute atomic E-state index is 12.9. The molecule has 4 rings (SSSR count). The Bertz CT molecular complexity index is 692. The minimum atomic E-state index is -0.583. The van der Waals surface area contributed by atoms with Crippen LogP contribution >= 0.6 is 0 Å². The summed E-state index contributed by atoms with van der Waals surface area (Å²) in [4.78, 5) is 26.9. The molecule has 128 valence electrons. The average Bonchev–Trinajstić information content (AvgIpc) is 3.28. The monoisotopic (exact) mass is 328 g/mol. The highest BCUT2D eigenvalue weighted by molar-refractivity contribution is 6.07. The Hall–Kier alpha value is -1.88. The quantitative estimate of drug-likeness (QED) is 0.907. The van der Waals surface area contributed by atoms with Crippen molar-refractivity contribution in [1.29, 1.82) is 0 Å². The Labute approximate surface area is 142 Å². The number of nitrogens with zero attached hydrogens (tertiary/aromatic N) is 1. The van der Waals surface area contributed by atoms with Gasteiger partial charge in [-0.05, 0) is 62.3 Å². The van der Waals surface area contributed by atoms with Crippen molar-refractivity contribution in [2.75, 3.05) is 31.6 Å². The van der Waals surface area contributed by atoms with E-state index in [0.29, 0.717) is 17.4 Å². The van der Waals surface area contributed by atoms with E-state index in [9.17, 15) is 9.59 Å². The van der Waals surface area contributed by atoms with Gasteiger partial charge in [0.2, 0.25) is 5.91 Å². The van der Waals surface area contributed by atoms with Crippen molar-refractivity contribution in [3.63, 3.8) is 0 Å². The Morgan fingerprint density at radius 1 is 1.29 bits per heavy atom. The lowest BCUT2D eigenvalue weighted by Crippen LogP contribution is -2.30. The van der Waals surface area contributed by atoms with Crippen molar-refractivity contribution in [2.45, 2.75) is 32.1 Å². The van der Waals surface area contributed by atoms with Gasteiger partial charge in [-0.25, -0.2) is 0 Å². The molecule has 0 saturated carbocycles. The van der Waals surface area contributed by atoms with Crippen LogP contribution in [0, 0.1) is 11.8 Å². The van der Waals surface area contributed by atoms with E-state index in [2.05, 4.69) is 5.32 Å². The summed E-state index contributed by atoms with van der Waals surface area (Å²) >= 11 is 0. The van der Waals surface area contributed by atoms with Crippen LogP contribution in [0.5, 0.6) is 0 Å². The van der Waals surface area contributed by atoms with Crippen LogP contribution in [0.1, 0.15) is 42.6 Å². The Morgan fingerprint density at radius 2 is 2.12 bits per heavy atom. The lowest BCUT2D eigenvalue weighted by molar-refractivity contribution is -0.119. The smallest absolute Gasteiger partial charge is 0.253 e. The van der Waals surface area contributed by atoms with Gasteiger partial charge in [0.05, 0.1) is 5.41 Å². The van der Waals surface area contributed by atoms with Crippen LogP contribution in [-0.4, -0.2) is 43.0 Å². The van der Waals surface area contributed by atoms with Gasteiger partial charge in [0.25, 0.3) is 5.91 Å². The maximum atomic E-state index is 12.9. The fourth-order valence-electron chi connectivity index (χ4n) is 4.17. The first-order valence-corrected chi connectivity index (χ1v) is 8.80. The number of hydrogen-bond acceptors (Lipinski definition) is 3. The number of hydrogen-bond donors (Lipinski definition) is 1. The molecule has 0 bridgehead atoms. The molecule has 5 heteroatoms. The highest BCUT2D eigenvalue weighted by Gasteiger charge is 2.39. The van der Waals surface area contributed by atoms with Crippen molar-refractivity contribution >= 4 is 17.5 Å². The number of rotatable bonds is 2. The number of benzene rings is 1. The molecule has 0 spiro atoms. The summed E-state index contributed by atoms with van der Waals surface area (Å²) in [6.07, 6.45) is 2.18. The van der Waals surface area contributed by atoms with Crippen molar-refractivity contribution < 1.29 is 14.3 Å². The van der Waals surface area contributed by atoms with E-state index in [1.807, 2.05) is 36.9 Å². The van der Waals surface area contributed by atoms with Gasteiger partial charge in [-0.15, -0.1) is 0 Å². The van der Waals surface area contributed by atoms with E-state index < -0.39 is 5.41 Å². The molecular weight excluding hydrogens is 304 g/mol. The highest BCUT2D eigenvalue weighted by Crippen LogP contribution is 2.38. The third-order valence-electron chi connectivity index (χ3n) is 5.90. The molecule has 1 N–H and O–H groups in total. The standard InChI is InChI=1S/C19H24N2O3/c1-19(2)15-9-12(3-4-16(15)20-18(19)23)17(22)21-7-5-13(10-21)14-6-8-24-11-14/h3-4,9,13-14H,5-8,10-11H2,1-2H3,(H,20,23). The minimum Gasteiger partial charge on any atom is -0.381 e. The number of fused-ring (bicyclic) bond motifs is 1. The van der Waals surface area contributed by atoms with E-state index in [4.69, 9.17) is 4.74 Å². The number of carbonyl (C=O) groups excluding carboxylic acids is 2. The largest absolute Gasteiger partial charge is 0.381 e. The molecule has 0 radical (unpaired) electrons. The molecule has 2 atom stereocenters. The van der Waals surface area contributed by atoms with Gasteiger partial charge in [0.15, 0.2) is 0 Å². The second-order valence-corrected chi connectivity index (χ2v) is 7.76. The summed E-state index contributed by atoms with van der Waals surface area (Å²) in [7, 11) is 0. The second-order valence-electron chi connectivity index (χ2n) is 7.76. The first-order chi connectivity index (χ1) is 11.5. The Morgan fingerprint density at radius 3 is 2.88 bits per heavy atom. The van der Waals surface area contributed by atoms with Crippen molar-refractivity contribution in [1.82, 2.24) is 4.90 Å². The fourth-order valence-corrected chi connectivity index (χ4v) is 4.17. The van der Waals surface area contributed by atoms with Crippen LogP contribution < -0.4 is 5.32 Å². The summed E-state index contributed by atoms with van der Waals surface area (Å²) in [5, 5.41) is 2.89. The predicted molar refractivity (Wildman–Crippen MR) is 91.0 cm³/mol. The summed E-state index contributed by atoms with van der Waals surface area (Å²) in [6, 6.07) is 5.57. The first kappa shape index (κ1) is 15.6. The number of ether oxygens (including phenoxy) is 1. The van der Waals surface area contributed by atoms with Crippen LogP contribution in [0.4, 0.5) is 5.69 Å². The Kier molecular flexibility index (Phi) is 3.64. The SMILES string of the molecule is CC1(C)C(=O)Nc2ccc(C(=O)N3CCC(C4CCOC4)C3)cc21. The first-order valence-electron chi connectivity index (χ1n) is 8.80. The van der Waals surface area contributed by atoms with Crippen LogP contribution in [-0.2, 0) is 14.9 Å². The Balaban J connectivity index is 1.52. The predicted octanol–water partition coefficient (Wildman–Crippen LogP) is 2.41. The van der Waals surface area contributed by atoms with Crippen molar-refractivity contribution in [2.24, 2.45) is 11.8 Å². The fraction of sp³-hybridized carbons (Fsp3) is 0.579. The molecule has 2 saturated heterocycles. The molecule has 2 amide bonds. The van der Waals surface area contributed by atoms with E-state index >= 15 is 0 Å². The third kappa shape index (κ3) is 2.42. The molecule has 3 aliphatic heterocycles. The average molecular weight is 328 g/mol. The molecular formula is C19H24N2O3. The van der Waals surface area contributed by atoms with Gasteiger partial charge in [0, 0.05) is 37.6 Å². The van der Waals surface area contributed by atoms with Gasteiger partial charge in [0.1, 0.15) is 0 Å². The highest BCUT2D eigenvalue weighted by atomic mass is 16.5. The summed E-state index contributed by atoms with van der Waals surface area (Å²) < 4.78 is 5.49. The van der Waals surface area contributed by atoms with Crippen LogP contribution in [0.15, 0.2) is 18.2 Å². The minimum absolute atomic E-state index is 0.00966. The van der Waals surface area contributed by atoms with E-state index in [0.717, 1.165) is 50.4 Å². The van der Waals surface area contributed by atoms with Crippen LogP contribution in [0.25, 0.3) is 0 Å². The van der Waals surface area contributed by atoms with E-state index in [1.165, 1.54) is 0 Å². The number of carbonyl (C=O) groups is 2. The lowest BCUT2D eigenvalue weighted by atomic mass is 9.85. The molecule has 3 heterocycles. The van der Waals surface area contributed by atoms with Crippen molar-refractivity contribution in [3.8, 4) is 0 Å². The number of nitrogens with one attached hydrogen (secondary N) is 1. The summed E-state index contributed by atoms with van der Waals surface area (Å²) in [5.74, 6) is 1.23. The second kappa shape index (κ2) is 5.59. The number of anilines is 1. The van der Waals surface area contributed by atoms with Gasteiger partial charge in [-0.3, -0.25) is 9.59 Å². The molecule has 0 aliphatic carbocycles. The molecule has 0 aromatic heterocycles. The van der Waals surface area contributed by atoms with Gasteiger partial charge in [-0.1, -0.05) is 0 Å². The number of amides is 2.